The van der Waals surface area contributed by atoms with Crippen LogP contribution < -0.4 is 11.1 Å². The minimum atomic E-state index is -3.58. The van der Waals surface area contributed by atoms with Gasteiger partial charge in [0.15, 0.2) is 5.84 Å². The van der Waals surface area contributed by atoms with E-state index in [1.54, 1.807) is 48.5 Å². The largest absolute Gasteiger partial charge is 0.399 e. The smallest absolute Gasteiger partial charge is 0.285 e. The summed E-state index contributed by atoms with van der Waals surface area (Å²) in [5.41, 5.74) is 7.56. The Kier molecular flexibility index (Phi) is 2.53. The number of fused-ring (bicyclic) bond motifs is 1. The van der Waals surface area contributed by atoms with E-state index >= 15 is 0 Å². The molecule has 0 aromatic heterocycles. The van der Waals surface area contributed by atoms with E-state index in [9.17, 15) is 8.42 Å². The van der Waals surface area contributed by atoms with Crippen LogP contribution in [0.15, 0.2) is 57.8 Å². The quantitative estimate of drug-likeness (QED) is 0.776. The lowest BCUT2D eigenvalue weighted by molar-refractivity contribution is 0.599. The van der Waals surface area contributed by atoms with Gasteiger partial charge in [-0.05, 0) is 36.4 Å². The van der Waals surface area contributed by atoms with E-state index in [1.165, 1.54) is 0 Å². The van der Waals surface area contributed by atoms with E-state index in [0.29, 0.717) is 17.1 Å². The molecule has 0 saturated carbocycles. The molecule has 2 aromatic rings. The molecule has 96 valence electrons. The van der Waals surface area contributed by atoms with E-state index in [0.717, 1.165) is 5.69 Å². The van der Waals surface area contributed by atoms with Crippen LogP contribution in [0, 0.1) is 0 Å². The van der Waals surface area contributed by atoms with E-state index in [1.807, 2.05) is 0 Å². The van der Waals surface area contributed by atoms with Crippen LogP contribution in [-0.2, 0) is 10.0 Å². The molecule has 1 aliphatic heterocycles. The summed E-state index contributed by atoms with van der Waals surface area (Å²) in [5.74, 6) is 0.334. The molecular weight excluding hydrogens is 262 g/mol. The van der Waals surface area contributed by atoms with Gasteiger partial charge in [-0.1, -0.05) is 12.1 Å². The summed E-state index contributed by atoms with van der Waals surface area (Å²) in [6, 6.07) is 13.7. The molecule has 0 bridgehead atoms. The second-order valence-electron chi connectivity index (χ2n) is 4.16. The molecule has 0 radical (unpaired) electrons. The minimum Gasteiger partial charge on any atom is -0.399 e. The average Bonchev–Trinajstić information content (AvgIpc) is 2.65. The van der Waals surface area contributed by atoms with Crippen molar-refractivity contribution in [1.82, 2.24) is 0 Å². The Balaban J connectivity index is 2.01. The van der Waals surface area contributed by atoms with E-state index < -0.39 is 10.0 Å². The van der Waals surface area contributed by atoms with E-state index in [-0.39, 0.29) is 4.90 Å². The third kappa shape index (κ3) is 2.06. The number of nitrogens with zero attached hydrogens (tertiary/aromatic N) is 1. The highest BCUT2D eigenvalue weighted by Gasteiger charge is 2.28. The van der Waals surface area contributed by atoms with Crippen molar-refractivity contribution in [2.24, 2.45) is 4.40 Å². The van der Waals surface area contributed by atoms with Crippen molar-refractivity contribution in [3.05, 3.63) is 54.1 Å². The van der Waals surface area contributed by atoms with Crippen LogP contribution in [-0.4, -0.2) is 14.3 Å². The summed E-state index contributed by atoms with van der Waals surface area (Å²) in [6.45, 7) is 0. The number of rotatable bonds is 1. The SMILES string of the molecule is Nc1ccc(NC2=NS(=O)(=O)c3ccccc32)cc1. The molecular formula is C13H11N3O2S. The Hall–Kier alpha value is -2.34. The lowest BCUT2D eigenvalue weighted by Crippen LogP contribution is -2.11. The highest BCUT2D eigenvalue weighted by Crippen LogP contribution is 2.26. The van der Waals surface area contributed by atoms with Gasteiger partial charge >= 0.3 is 0 Å². The lowest BCUT2D eigenvalue weighted by Gasteiger charge is -2.06. The molecule has 6 heteroatoms. The van der Waals surface area contributed by atoms with Crippen LogP contribution in [0.3, 0.4) is 0 Å². The molecule has 0 aliphatic carbocycles. The van der Waals surface area contributed by atoms with Gasteiger partial charge in [-0.2, -0.15) is 8.42 Å². The van der Waals surface area contributed by atoms with Crippen molar-refractivity contribution in [1.29, 1.82) is 0 Å². The number of hydrogen-bond acceptors (Lipinski definition) is 4. The van der Waals surface area contributed by atoms with Crippen LogP contribution >= 0.6 is 0 Å². The number of sulfonamides is 1. The highest BCUT2D eigenvalue weighted by molar-refractivity contribution is 7.90. The Bertz CT molecular complexity index is 765. The summed E-state index contributed by atoms with van der Waals surface area (Å²) in [4.78, 5) is 0.230. The first-order valence-corrected chi connectivity index (χ1v) is 7.07. The van der Waals surface area contributed by atoms with Gasteiger partial charge in [0.05, 0.1) is 0 Å². The number of nitrogens with two attached hydrogens (primary N) is 1. The first kappa shape index (κ1) is 11.7. The third-order valence-corrected chi connectivity index (χ3v) is 4.14. The fourth-order valence-corrected chi connectivity index (χ4v) is 3.07. The average molecular weight is 273 g/mol. The Morgan fingerprint density at radius 2 is 1.68 bits per heavy atom. The second-order valence-corrected chi connectivity index (χ2v) is 5.73. The second kappa shape index (κ2) is 4.10. The normalized spacial score (nSPS) is 15.7. The first-order valence-electron chi connectivity index (χ1n) is 5.63. The molecule has 0 unspecified atom stereocenters. The molecule has 0 amide bonds. The van der Waals surface area contributed by atoms with E-state index in [2.05, 4.69) is 9.71 Å². The summed E-state index contributed by atoms with van der Waals surface area (Å²) in [6.07, 6.45) is 0. The number of nitrogen functional groups attached to an aromatic ring is 1. The predicted molar refractivity (Wildman–Crippen MR) is 74.6 cm³/mol. The molecule has 0 saturated heterocycles. The van der Waals surface area contributed by atoms with Gasteiger partial charge < -0.3 is 11.1 Å². The van der Waals surface area contributed by atoms with Crippen LogP contribution in [0.4, 0.5) is 11.4 Å². The predicted octanol–water partition coefficient (Wildman–Crippen LogP) is 1.83. The zero-order valence-corrected chi connectivity index (χ0v) is 10.7. The zero-order valence-electron chi connectivity index (χ0n) is 9.87. The van der Waals surface area contributed by atoms with Crippen molar-refractivity contribution in [2.45, 2.75) is 4.90 Å². The molecule has 5 nitrogen and oxygen atoms in total. The Morgan fingerprint density at radius 1 is 1.00 bits per heavy atom. The van der Waals surface area contributed by atoms with Crippen LogP contribution in [0.1, 0.15) is 5.56 Å². The van der Waals surface area contributed by atoms with Gasteiger partial charge in [0.2, 0.25) is 0 Å². The summed E-state index contributed by atoms with van der Waals surface area (Å²) >= 11 is 0. The van der Waals surface area contributed by atoms with Gasteiger partial charge in [0.1, 0.15) is 4.90 Å². The monoisotopic (exact) mass is 273 g/mol. The van der Waals surface area contributed by atoms with Gasteiger partial charge in [0.25, 0.3) is 10.0 Å². The number of amidine groups is 1. The minimum absolute atomic E-state index is 0.230. The van der Waals surface area contributed by atoms with Gasteiger partial charge in [-0.3, -0.25) is 0 Å². The molecule has 0 fully saturated rings. The molecule has 0 atom stereocenters. The van der Waals surface area contributed by atoms with Crippen LogP contribution in [0.5, 0.6) is 0 Å². The van der Waals surface area contributed by atoms with Crippen LogP contribution in [0.25, 0.3) is 0 Å². The number of hydrogen-bond donors (Lipinski definition) is 2. The molecule has 19 heavy (non-hydrogen) atoms. The third-order valence-electron chi connectivity index (χ3n) is 2.80. The van der Waals surface area contributed by atoms with Crippen molar-refractivity contribution in [2.75, 3.05) is 11.1 Å². The van der Waals surface area contributed by atoms with Gasteiger partial charge in [-0.25, -0.2) is 0 Å². The van der Waals surface area contributed by atoms with Crippen molar-refractivity contribution in [3.8, 4) is 0 Å². The summed E-state index contributed by atoms with van der Waals surface area (Å²) in [5, 5.41) is 3.00. The first-order chi connectivity index (χ1) is 9.06. The van der Waals surface area contributed by atoms with Crippen molar-refractivity contribution < 1.29 is 8.42 Å². The maximum Gasteiger partial charge on any atom is 0.285 e. The summed E-state index contributed by atoms with van der Waals surface area (Å²) < 4.78 is 27.5. The zero-order chi connectivity index (χ0) is 13.5. The van der Waals surface area contributed by atoms with Gasteiger partial charge in [0, 0.05) is 16.9 Å². The molecule has 0 spiro atoms. The fraction of sp³-hybridized carbons (Fsp3) is 0. The topological polar surface area (TPSA) is 84.5 Å². The van der Waals surface area contributed by atoms with Gasteiger partial charge in [-0.15, -0.1) is 4.40 Å². The fourth-order valence-electron chi connectivity index (χ4n) is 1.90. The number of nitrogens with one attached hydrogen (secondary N) is 1. The molecule has 1 heterocycles. The van der Waals surface area contributed by atoms with Crippen molar-refractivity contribution >= 4 is 27.2 Å². The standard InChI is InChI=1S/C13H11N3O2S/c14-9-5-7-10(8-6-9)15-13-11-3-1-2-4-12(11)19(17,18)16-13/h1-8H,14H2,(H,15,16). The Morgan fingerprint density at radius 3 is 2.42 bits per heavy atom. The number of anilines is 2. The van der Waals surface area contributed by atoms with Crippen molar-refractivity contribution in [3.63, 3.8) is 0 Å². The molecule has 3 N–H and O–H groups in total. The maximum atomic E-state index is 11.9. The molecule has 1 aliphatic rings. The Labute approximate surface area is 110 Å². The highest BCUT2D eigenvalue weighted by atomic mass is 32.2. The lowest BCUT2D eigenvalue weighted by atomic mass is 10.2. The maximum absolute atomic E-state index is 11.9. The summed E-state index contributed by atoms with van der Waals surface area (Å²) in [7, 11) is -3.58. The van der Waals surface area contributed by atoms with E-state index in [4.69, 9.17) is 5.73 Å². The molecule has 3 rings (SSSR count). The number of benzene rings is 2. The molecule has 2 aromatic carbocycles. The van der Waals surface area contributed by atoms with Crippen LogP contribution in [0.2, 0.25) is 0 Å².